The van der Waals surface area contributed by atoms with Gasteiger partial charge in [0.1, 0.15) is 17.7 Å². The van der Waals surface area contributed by atoms with Crippen molar-refractivity contribution in [1.82, 2.24) is 14.9 Å². The summed E-state index contributed by atoms with van der Waals surface area (Å²) in [5, 5.41) is 11.5. The van der Waals surface area contributed by atoms with Gasteiger partial charge >= 0.3 is 6.09 Å². The summed E-state index contributed by atoms with van der Waals surface area (Å²) in [7, 11) is 0. The molecule has 1 aromatic carbocycles. The van der Waals surface area contributed by atoms with E-state index in [9.17, 15) is 10.1 Å². The second-order valence-electron chi connectivity index (χ2n) is 9.57. The summed E-state index contributed by atoms with van der Waals surface area (Å²) in [5.74, 6) is 0.703. The van der Waals surface area contributed by atoms with Crippen molar-refractivity contribution in [3.8, 4) is 23.1 Å². The van der Waals surface area contributed by atoms with Crippen LogP contribution in [0.3, 0.4) is 0 Å². The summed E-state index contributed by atoms with van der Waals surface area (Å²) in [6, 6.07) is 7.82. The van der Waals surface area contributed by atoms with Crippen LogP contribution >= 0.6 is 11.3 Å². The number of hydrogen-bond donors (Lipinski definition) is 0. The van der Waals surface area contributed by atoms with E-state index in [2.05, 4.69) is 23.0 Å². The maximum atomic E-state index is 12.3. The molecule has 1 amide bonds. The normalized spacial score (nSPS) is 15.2. The molecule has 1 aliphatic heterocycles. The first-order valence-electron chi connectivity index (χ1n) is 10.4. The van der Waals surface area contributed by atoms with E-state index in [0.717, 1.165) is 27.0 Å². The molecule has 3 heterocycles. The van der Waals surface area contributed by atoms with Crippen molar-refractivity contribution in [3.63, 3.8) is 0 Å². The van der Waals surface area contributed by atoms with Crippen LogP contribution < -0.4 is 4.74 Å². The Kier molecular flexibility index (Phi) is 5.55. The Balaban J connectivity index is 1.57. The summed E-state index contributed by atoms with van der Waals surface area (Å²) < 4.78 is 12.8. The number of fused-ring (bicyclic) bond motifs is 1. The van der Waals surface area contributed by atoms with Gasteiger partial charge in [0.05, 0.1) is 34.2 Å². The Labute approximate surface area is 191 Å². The number of benzene rings is 1. The minimum absolute atomic E-state index is 0.182. The monoisotopic (exact) mass is 450 g/mol. The molecule has 0 spiro atoms. The Hall–Kier alpha value is -3.18. The highest BCUT2D eigenvalue weighted by Gasteiger charge is 2.43. The van der Waals surface area contributed by atoms with Gasteiger partial charge in [-0.2, -0.15) is 5.26 Å². The molecule has 166 valence electrons. The largest absolute Gasteiger partial charge is 0.492 e. The third-order valence-electron chi connectivity index (χ3n) is 5.26. The number of carbonyl (C=O) groups excluding carboxylic acids is 1. The van der Waals surface area contributed by atoms with Crippen LogP contribution in [0.4, 0.5) is 4.79 Å². The van der Waals surface area contributed by atoms with Gasteiger partial charge in [-0.15, -0.1) is 11.3 Å². The average Bonchev–Trinajstić information content (AvgIpc) is 3.18. The maximum Gasteiger partial charge on any atom is 0.410 e. The zero-order valence-electron chi connectivity index (χ0n) is 18.9. The van der Waals surface area contributed by atoms with Crippen LogP contribution in [0.5, 0.6) is 5.75 Å². The molecule has 2 aromatic heterocycles. The molecule has 0 atom stereocenters. The minimum atomic E-state index is -0.515. The van der Waals surface area contributed by atoms with Gasteiger partial charge in [0, 0.05) is 24.1 Å². The van der Waals surface area contributed by atoms with Crippen LogP contribution in [-0.4, -0.2) is 46.3 Å². The number of rotatable bonds is 4. The van der Waals surface area contributed by atoms with Crippen molar-refractivity contribution in [2.75, 3.05) is 19.7 Å². The third-order valence-corrected chi connectivity index (χ3v) is 6.17. The smallest absolute Gasteiger partial charge is 0.410 e. The molecule has 0 unspecified atom stereocenters. The third kappa shape index (κ3) is 4.39. The average molecular weight is 451 g/mol. The maximum absolute atomic E-state index is 12.3. The van der Waals surface area contributed by atoms with Crippen molar-refractivity contribution in [2.45, 2.75) is 40.2 Å². The van der Waals surface area contributed by atoms with Crippen LogP contribution in [-0.2, 0) is 4.74 Å². The molecule has 1 fully saturated rings. The summed E-state index contributed by atoms with van der Waals surface area (Å²) in [6.07, 6.45) is 1.24. The lowest BCUT2D eigenvalue weighted by Gasteiger charge is -2.47. The van der Waals surface area contributed by atoms with Crippen molar-refractivity contribution in [3.05, 3.63) is 41.0 Å². The van der Waals surface area contributed by atoms with Gasteiger partial charge in [-0.05, 0) is 56.8 Å². The van der Waals surface area contributed by atoms with Gasteiger partial charge in [0.2, 0.25) is 0 Å². The number of hydrogen-bond acceptors (Lipinski definition) is 7. The predicted octanol–water partition coefficient (Wildman–Crippen LogP) is 5.17. The lowest BCUT2D eigenvalue weighted by molar-refractivity contribution is -0.0428. The lowest BCUT2D eigenvalue weighted by Crippen LogP contribution is -2.60. The Morgan fingerprint density at radius 1 is 1.31 bits per heavy atom. The van der Waals surface area contributed by atoms with Crippen molar-refractivity contribution in [1.29, 1.82) is 5.26 Å². The van der Waals surface area contributed by atoms with Gasteiger partial charge in [-0.3, -0.25) is 0 Å². The number of aryl methyl sites for hydroxylation is 1. The van der Waals surface area contributed by atoms with Crippen LogP contribution in [0.15, 0.2) is 29.9 Å². The molecule has 1 saturated heterocycles. The molecule has 1 aliphatic rings. The molecule has 3 aromatic rings. The molecule has 0 aliphatic carbocycles. The summed E-state index contributed by atoms with van der Waals surface area (Å²) in [5.41, 5.74) is 3.13. The Bertz CT molecular complexity index is 1220. The number of likely N-dealkylation sites (tertiary alicyclic amines) is 1. The highest BCUT2D eigenvalue weighted by molar-refractivity contribution is 7.17. The van der Waals surface area contributed by atoms with Crippen molar-refractivity contribution in [2.24, 2.45) is 5.41 Å². The summed E-state index contributed by atoms with van der Waals surface area (Å²) in [4.78, 5) is 22.8. The van der Waals surface area contributed by atoms with Crippen molar-refractivity contribution >= 4 is 27.6 Å². The van der Waals surface area contributed by atoms with Gasteiger partial charge in [0.15, 0.2) is 0 Å². The van der Waals surface area contributed by atoms with Crippen LogP contribution in [0.25, 0.3) is 21.5 Å². The SMILES string of the molecule is Cc1cc(C#N)cc(-c2ncnc3ccsc23)c1OCC1(C)CN(C(=O)OC(C)(C)C)C1. The number of ether oxygens (including phenoxy) is 2. The molecule has 0 saturated carbocycles. The number of nitriles is 1. The highest BCUT2D eigenvalue weighted by Crippen LogP contribution is 2.40. The van der Waals surface area contributed by atoms with E-state index in [0.29, 0.717) is 31.0 Å². The quantitative estimate of drug-likeness (QED) is 0.545. The minimum Gasteiger partial charge on any atom is -0.492 e. The van der Waals surface area contributed by atoms with E-state index < -0.39 is 5.60 Å². The fraction of sp³-hybridized carbons (Fsp3) is 0.417. The first kappa shape index (κ1) is 22.0. The number of carbonyl (C=O) groups is 1. The van der Waals surface area contributed by atoms with E-state index in [1.165, 1.54) is 6.33 Å². The summed E-state index contributed by atoms with van der Waals surface area (Å²) in [6.45, 7) is 11.2. The molecular weight excluding hydrogens is 424 g/mol. The predicted molar refractivity (Wildman–Crippen MR) is 124 cm³/mol. The first-order chi connectivity index (χ1) is 15.1. The lowest BCUT2D eigenvalue weighted by atomic mass is 9.83. The zero-order chi connectivity index (χ0) is 23.1. The Morgan fingerprint density at radius 2 is 2.06 bits per heavy atom. The first-order valence-corrected chi connectivity index (χ1v) is 11.3. The molecule has 0 N–H and O–H groups in total. The van der Waals surface area contributed by atoms with Crippen LogP contribution in [0, 0.1) is 23.7 Å². The second-order valence-corrected chi connectivity index (χ2v) is 10.5. The molecule has 0 radical (unpaired) electrons. The van der Waals surface area contributed by atoms with Gasteiger partial charge in [0.25, 0.3) is 0 Å². The molecule has 7 nitrogen and oxygen atoms in total. The molecule has 32 heavy (non-hydrogen) atoms. The number of nitrogens with zero attached hydrogens (tertiary/aromatic N) is 4. The fourth-order valence-electron chi connectivity index (χ4n) is 3.86. The van der Waals surface area contributed by atoms with E-state index in [4.69, 9.17) is 9.47 Å². The fourth-order valence-corrected chi connectivity index (χ4v) is 4.70. The molecule has 4 rings (SSSR count). The van der Waals surface area contributed by atoms with Crippen LogP contribution in [0.1, 0.15) is 38.8 Å². The van der Waals surface area contributed by atoms with E-state index in [1.54, 1.807) is 16.2 Å². The molecular formula is C24H26N4O3S. The number of thiophene rings is 1. The van der Waals surface area contributed by atoms with E-state index in [-0.39, 0.29) is 11.5 Å². The molecule has 8 heteroatoms. The molecule has 0 bridgehead atoms. The topological polar surface area (TPSA) is 88.3 Å². The van der Waals surface area contributed by atoms with Crippen LogP contribution in [0.2, 0.25) is 0 Å². The van der Waals surface area contributed by atoms with E-state index >= 15 is 0 Å². The van der Waals surface area contributed by atoms with Gasteiger partial charge in [-0.25, -0.2) is 14.8 Å². The van der Waals surface area contributed by atoms with E-state index in [1.807, 2.05) is 51.3 Å². The number of amides is 1. The van der Waals surface area contributed by atoms with Gasteiger partial charge < -0.3 is 14.4 Å². The highest BCUT2D eigenvalue weighted by atomic mass is 32.1. The van der Waals surface area contributed by atoms with Crippen molar-refractivity contribution < 1.29 is 14.3 Å². The van der Waals surface area contributed by atoms with Gasteiger partial charge in [-0.1, -0.05) is 6.92 Å². The standard InChI is InChI=1S/C24H26N4O3S/c1-15-8-16(10-25)9-17(19-21-18(6-7-32-21)26-14-27-19)20(15)30-13-24(5)11-28(12-24)22(29)31-23(2,3)4/h6-9,14H,11-13H2,1-5H3. The number of aromatic nitrogens is 2. The summed E-state index contributed by atoms with van der Waals surface area (Å²) >= 11 is 1.56. The zero-order valence-corrected chi connectivity index (χ0v) is 19.7. The second kappa shape index (κ2) is 8.06. The Morgan fingerprint density at radius 3 is 2.75 bits per heavy atom.